The van der Waals surface area contributed by atoms with Crippen molar-refractivity contribution in [3.8, 4) is 0 Å². The first-order valence-corrected chi connectivity index (χ1v) is 9.86. The summed E-state index contributed by atoms with van der Waals surface area (Å²) in [7, 11) is 9.87. The molecule has 0 saturated heterocycles. The summed E-state index contributed by atoms with van der Waals surface area (Å²) in [6.07, 6.45) is 8.71. The van der Waals surface area contributed by atoms with E-state index in [0.29, 0.717) is 5.92 Å². The van der Waals surface area contributed by atoms with Crippen molar-refractivity contribution in [3.05, 3.63) is 24.3 Å². The Morgan fingerprint density at radius 3 is 1.73 bits per heavy atom. The quantitative estimate of drug-likeness (QED) is 0.680. The summed E-state index contributed by atoms with van der Waals surface area (Å²) in [5.74, 6) is 1.47. The van der Waals surface area contributed by atoms with Gasteiger partial charge in [0.2, 0.25) is 0 Å². The summed E-state index contributed by atoms with van der Waals surface area (Å²) < 4.78 is 0. The normalized spacial score (nSPS) is 15.0. The van der Waals surface area contributed by atoms with Crippen LogP contribution >= 0.6 is 17.0 Å². The maximum absolute atomic E-state index is 4.93. The van der Waals surface area contributed by atoms with E-state index in [1.807, 2.05) is 0 Å². The van der Waals surface area contributed by atoms with Gasteiger partial charge in [0.25, 0.3) is 0 Å². The molecule has 0 fully saturated rings. The van der Waals surface area contributed by atoms with Crippen molar-refractivity contribution in [1.82, 2.24) is 0 Å². The standard InChI is InChI=1S/C8H12.2ClH.Zr/c1-7(2)8-5-3-4-6-8;;;/h3-8H,1-2H3;2*1H;/q;;;+2/p-2. The molecule has 0 aromatic rings. The molecule has 0 nitrogen and oxygen atoms in total. The van der Waals surface area contributed by atoms with E-state index < -0.39 is 20.8 Å². The van der Waals surface area contributed by atoms with Gasteiger partial charge >= 0.3 is 37.9 Å². The third-order valence-electron chi connectivity index (χ3n) is 1.55. The van der Waals surface area contributed by atoms with Crippen LogP contribution in [-0.2, 0) is 20.8 Å². The van der Waals surface area contributed by atoms with E-state index >= 15 is 0 Å². The molecule has 0 aromatic carbocycles. The molecule has 0 atom stereocenters. The predicted molar refractivity (Wildman–Crippen MR) is 48.3 cm³/mol. The molecule has 0 aromatic heterocycles. The van der Waals surface area contributed by atoms with Crippen LogP contribution < -0.4 is 0 Å². The fraction of sp³-hybridized carbons (Fsp3) is 0.500. The van der Waals surface area contributed by atoms with Gasteiger partial charge in [-0.1, -0.05) is 38.2 Å². The Bertz CT molecular complexity index is 129. The second-order valence-electron chi connectivity index (χ2n) is 2.66. The van der Waals surface area contributed by atoms with Gasteiger partial charge in [0.15, 0.2) is 0 Å². The average molecular weight is 270 g/mol. The van der Waals surface area contributed by atoms with E-state index in [1.54, 1.807) is 0 Å². The molecule has 3 heteroatoms. The van der Waals surface area contributed by atoms with Gasteiger partial charge in [-0.05, 0) is 11.8 Å². The molecule has 0 saturated carbocycles. The number of hydrogen-bond acceptors (Lipinski definition) is 0. The average Bonchev–Trinajstić information content (AvgIpc) is 2.38. The van der Waals surface area contributed by atoms with Crippen LogP contribution in [0.25, 0.3) is 0 Å². The summed E-state index contributed by atoms with van der Waals surface area (Å²) in [4.78, 5) is 0. The summed E-state index contributed by atoms with van der Waals surface area (Å²) >= 11 is -0.826. The molecule has 1 rings (SSSR count). The van der Waals surface area contributed by atoms with Crippen molar-refractivity contribution in [2.45, 2.75) is 13.8 Å². The summed E-state index contributed by atoms with van der Waals surface area (Å²) in [6, 6.07) is 0. The zero-order valence-corrected chi connectivity index (χ0v) is 10.7. The van der Waals surface area contributed by atoms with Crippen molar-refractivity contribution in [2.24, 2.45) is 11.8 Å². The first-order chi connectivity index (χ1) is 5.22. The van der Waals surface area contributed by atoms with Crippen LogP contribution in [0.1, 0.15) is 13.8 Å². The molecule has 1 aliphatic carbocycles. The molecule has 1 aliphatic rings. The Kier molecular flexibility index (Phi) is 8.24. The fourth-order valence-electron chi connectivity index (χ4n) is 0.893. The SMILES string of the molecule is CC(C)C1C=CC=C1.[Cl][Zr][Cl]. The first kappa shape index (κ1) is 11.9. The van der Waals surface area contributed by atoms with E-state index in [9.17, 15) is 0 Å². The molecule has 0 unspecified atom stereocenters. The molecule has 0 amide bonds. The molecule has 62 valence electrons. The molecule has 0 N–H and O–H groups in total. The van der Waals surface area contributed by atoms with Gasteiger partial charge in [-0.15, -0.1) is 0 Å². The molecule has 0 bridgehead atoms. The van der Waals surface area contributed by atoms with E-state index in [2.05, 4.69) is 38.2 Å². The molecular formula is C8H12Cl2Zr. The molecule has 0 radical (unpaired) electrons. The number of allylic oxidation sites excluding steroid dienone is 4. The van der Waals surface area contributed by atoms with Crippen molar-refractivity contribution in [2.75, 3.05) is 0 Å². The van der Waals surface area contributed by atoms with Crippen molar-refractivity contribution in [3.63, 3.8) is 0 Å². The second-order valence-corrected chi connectivity index (χ2v) is 6.39. The van der Waals surface area contributed by atoms with Crippen molar-refractivity contribution >= 4 is 17.0 Å². The first-order valence-electron chi connectivity index (χ1n) is 3.53. The minimum absolute atomic E-state index is 0.704. The number of hydrogen-bond donors (Lipinski definition) is 0. The third kappa shape index (κ3) is 6.14. The van der Waals surface area contributed by atoms with E-state index in [-0.39, 0.29) is 0 Å². The van der Waals surface area contributed by atoms with E-state index in [0.717, 1.165) is 5.92 Å². The van der Waals surface area contributed by atoms with Gasteiger partial charge in [0.05, 0.1) is 0 Å². The fourth-order valence-corrected chi connectivity index (χ4v) is 0.893. The third-order valence-corrected chi connectivity index (χ3v) is 1.55. The molecule has 11 heavy (non-hydrogen) atoms. The zero-order valence-electron chi connectivity index (χ0n) is 6.72. The van der Waals surface area contributed by atoms with Crippen LogP contribution in [0.5, 0.6) is 0 Å². The molecular weight excluding hydrogens is 258 g/mol. The van der Waals surface area contributed by atoms with Crippen LogP contribution in [-0.4, -0.2) is 0 Å². The minimum atomic E-state index is -0.826. The molecule has 0 spiro atoms. The van der Waals surface area contributed by atoms with E-state index in [4.69, 9.17) is 17.0 Å². The summed E-state index contributed by atoms with van der Waals surface area (Å²) in [5.41, 5.74) is 0. The van der Waals surface area contributed by atoms with Gasteiger partial charge in [-0.25, -0.2) is 0 Å². The van der Waals surface area contributed by atoms with Gasteiger partial charge in [0.1, 0.15) is 0 Å². The topological polar surface area (TPSA) is 0 Å². The molecule has 0 aliphatic heterocycles. The van der Waals surface area contributed by atoms with Crippen molar-refractivity contribution < 1.29 is 20.8 Å². The Balaban J connectivity index is 0.000000292. The molecule has 0 heterocycles. The second kappa shape index (κ2) is 7.58. The van der Waals surface area contributed by atoms with Crippen LogP contribution in [0.4, 0.5) is 0 Å². The van der Waals surface area contributed by atoms with Crippen LogP contribution in [0.15, 0.2) is 24.3 Å². The van der Waals surface area contributed by atoms with Crippen LogP contribution in [0.3, 0.4) is 0 Å². The Hall–Kier alpha value is 0.943. The predicted octanol–water partition coefficient (Wildman–Crippen LogP) is 3.76. The van der Waals surface area contributed by atoms with Gasteiger partial charge < -0.3 is 0 Å². The summed E-state index contributed by atoms with van der Waals surface area (Å²) in [5, 5.41) is 0. The van der Waals surface area contributed by atoms with Crippen LogP contribution in [0, 0.1) is 11.8 Å². The van der Waals surface area contributed by atoms with Gasteiger partial charge in [0, 0.05) is 0 Å². The number of rotatable bonds is 1. The monoisotopic (exact) mass is 268 g/mol. The number of halogens is 2. The van der Waals surface area contributed by atoms with Gasteiger partial charge in [-0.2, -0.15) is 0 Å². The Morgan fingerprint density at radius 2 is 1.55 bits per heavy atom. The van der Waals surface area contributed by atoms with Crippen LogP contribution in [0.2, 0.25) is 0 Å². The van der Waals surface area contributed by atoms with Gasteiger partial charge in [-0.3, -0.25) is 0 Å². The maximum atomic E-state index is 4.93. The summed E-state index contributed by atoms with van der Waals surface area (Å²) in [6.45, 7) is 4.48. The zero-order chi connectivity index (χ0) is 8.69. The van der Waals surface area contributed by atoms with E-state index in [1.165, 1.54) is 0 Å². The Morgan fingerprint density at radius 1 is 1.18 bits per heavy atom. The Labute approximate surface area is 87.3 Å². The van der Waals surface area contributed by atoms with Crippen molar-refractivity contribution in [1.29, 1.82) is 0 Å².